The van der Waals surface area contributed by atoms with E-state index >= 15 is 0 Å². The largest absolute Gasteiger partial charge is 0.505 e. The Morgan fingerprint density at radius 1 is 1.00 bits per heavy atom. The smallest absolute Gasteiger partial charge is 0.272 e. The predicted molar refractivity (Wildman–Crippen MR) is 116 cm³/mol. The van der Waals surface area contributed by atoms with Crippen molar-refractivity contribution in [1.82, 2.24) is 3.97 Å². The number of aromatic nitrogens is 1. The molecule has 0 atom stereocenters. The second-order valence-corrected chi connectivity index (χ2v) is 9.76. The number of hydrogen-bond acceptors (Lipinski definition) is 3. The highest BCUT2D eigenvalue weighted by Gasteiger charge is 2.28. The zero-order chi connectivity index (χ0) is 20.9. The van der Waals surface area contributed by atoms with Gasteiger partial charge in [-0.3, -0.25) is 0 Å². The van der Waals surface area contributed by atoms with Crippen LogP contribution >= 0.6 is 39.1 Å². The molecule has 0 aliphatic heterocycles. The third-order valence-corrected chi connectivity index (χ3v) is 7.07. The van der Waals surface area contributed by atoms with Crippen LogP contribution in [0, 0.1) is 5.82 Å². The molecule has 1 heterocycles. The van der Waals surface area contributed by atoms with E-state index in [0.717, 1.165) is 3.97 Å². The summed E-state index contributed by atoms with van der Waals surface area (Å²) in [7, 11) is -4.32. The van der Waals surface area contributed by atoms with Gasteiger partial charge < -0.3 is 5.11 Å². The van der Waals surface area contributed by atoms with Crippen LogP contribution in [0.3, 0.4) is 0 Å². The average Bonchev–Trinajstić information content (AvgIpc) is 3.04. The molecule has 0 radical (unpaired) electrons. The van der Waals surface area contributed by atoms with Crippen LogP contribution in [0.1, 0.15) is 0 Å². The van der Waals surface area contributed by atoms with Gasteiger partial charge in [-0.1, -0.05) is 51.3 Å². The number of hydrogen-bond donors (Lipinski definition) is 1. The molecular formula is C20H11BrCl2FNO3S. The van der Waals surface area contributed by atoms with Crippen molar-refractivity contribution in [2.75, 3.05) is 0 Å². The maximum Gasteiger partial charge on any atom is 0.272 e. The summed E-state index contributed by atoms with van der Waals surface area (Å²) in [6, 6.07) is 14.5. The zero-order valence-corrected chi connectivity index (χ0v) is 18.3. The van der Waals surface area contributed by atoms with Gasteiger partial charge >= 0.3 is 0 Å². The van der Waals surface area contributed by atoms with Crippen molar-refractivity contribution in [3.8, 4) is 17.0 Å². The molecule has 4 nitrogen and oxygen atoms in total. The number of halogens is 4. The van der Waals surface area contributed by atoms with Crippen molar-refractivity contribution in [3.05, 3.63) is 81.0 Å². The molecular weight excluding hydrogens is 504 g/mol. The molecule has 148 valence electrons. The van der Waals surface area contributed by atoms with Crippen molar-refractivity contribution in [1.29, 1.82) is 0 Å². The number of phenols is 1. The first-order chi connectivity index (χ1) is 13.7. The van der Waals surface area contributed by atoms with Crippen molar-refractivity contribution >= 4 is 60.1 Å². The van der Waals surface area contributed by atoms with Crippen molar-refractivity contribution < 1.29 is 17.9 Å². The summed E-state index contributed by atoms with van der Waals surface area (Å²) < 4.78 is 42.5. The lowest BCUT2D eigenvalue weighted by molar-refractivity contribution is 0.458. The minimum atomic E-state index is -4.32. The Morgan fingerprint density at radius 3 is 2.48 bits per heavy atom. The summed E-state index contributed by atoms with van der Waals surface area (Å²) in [5.41, 5.74) is 0.892. The van der Waals surface area contributed by atoms with Gasteiger partial charge in [0.1, 0.15) is 10.7 Å². The molecule has 0 fully saturated rings. The predicted octanol–water partition coefficient (Wildman–Crippen LogP) is 6.46. The van der Waals surface area contributed by atoms with Gasteiger partial charge in [-0.25, -0.2) is 16.8 Å². The maximum absolute atomic E-state index is 13.9. The molecule has 1 N–H and O–H groups in total. The molecule has 0 bridgehead atoms. The van der Waals surface area contributed by atoms with E-state index in [1.807, 2.05) is 0 Å². The van der Waals surface area contributed by atoms with E-state index in [2.05, 4.69) is 15.9 Å². The van der Waals surface area contributed by atoms with E-state index in [1.165, 1.54) is 30.3 Å². The molecule has 0 spiro atoms. The van der Waals surface area contributed by atoms with Crippen molar-refractivity contribution in [2.24, 2.45) is 0 Å². The van der Waals surface area contributed by atoms with Gasteiger partial charge in [-0.05, 0) is 48.5 Å². The van der Waals surface area contributed by atoms with E-state index in [-0.39, 0.29) is 15.6 Å². The third-order valence-electron chi connectivity index (χ3n) is 4.35. The normalized spacial score (nSPS) is 11.9. The highest BCUT2D eigenvalue weighted by Crippen LogP contribution is 2.39. The number of phenolic OH excluding ortho intramolecular Hbond substituents is 1. The highest BCUT2D eigenvalue weighted by atomic mass is 79.9. The second-order valence-electron chi connectivity index (χ2n) is 6.25. The molecule has 4 rings (SSSR count). The fraction of sp³-hybridized carbons (Fsp3) is 0. The topological polar surface area (TPSA) is 59.3 Å². The first-order valence-electron chi connectivity index (χ1n) is 8.19. The van der Waals surface area contributed by atoms with Crippen LogP contribution < -0.4 is 0 Å². The molecule has 0 aliphatic rings. The quantitative estimate of drug-likeness (QED) is 0.341. The summed E-state index contributed by atoms with van der Waals surface area (Å²) in [5, 5.41) is 11.2. The molecule has 3 aromatic carbocycles. The van der Waals surface area contributed by atoms with Crippen LogP contribution in [0.15, 0.2) is 70.0 Å². The minimum Gasteiger partial charge on any atom is -0.505 e. The molecule has 0 saturated carbocycles. The van der Waals surface area contributed by atoms with Crippen molar-refractivity contribution in [2.45, 2.75) is 4.90 Å². The molecule has 0 saturated heterocycles. The number of rotatable bonds is 3. The lowest BCUT2D eigenvalue weighted by atomic mass is 10.1. The minimum absolute atomic E-state index is 0.121. The Hall–Kier alpha value is -2.06. The van der Waals surface area contributed by atoms with Crippen LogP contribution in [0.2, 0.25) is 10.0 Å². The number of aromatic hydroxyl groups is 1. The van der Waals surface area contributed by atoms with E-state index in [1.54, 1.807) is 30.3 Å². The van der Waals surface area contributed by atoms with Gasteiger partial charge in [0.05, 0.1) is 16.2 Å². The van der Waals surface area contributed by atoms with Crippen LogP contribution in [-0.4, -0.2) is 17.5 Å². The fourth-order valence-electron chi connectivity index (χ4n) is 3.11. The summed E-state index contributed by atoms with van der Waals surface area (Å²) in [6.45, 7) is 0. The lowest BCUT2D eigenvalue weighted by Crippen LogP contribution is -2.14. The summed E-state index contributed by atoms with van der Waals surface area (Å²) >= 11 is 15.2. The van der Waals surface area contributed by atoms with Gasteiger partial charge in [0.15, 0.2) is 5.75 Å². The molecule has 0 unspecified atom stereocenters. The molecule has 1 aromatic heterocycles. The third kappa shape index (κ3) is 3.53. The van der Waals surface area contributed by atoms with Gasteiger partial charge in [0, 0.05) is 20.4 Å². The van der Waals surface area contributed by atoms with Crippen LogP contribution in [0.25, 0.3) is 22.2 Å². The first-order valence-corrected chi connectivity index (χ1v) is 11.2. The van der Waals surface area contributed by atoms with E-state index in [4.69, 9.17) is 23.2 Å². The summed E-state index contributed by atoms with van der Waals surface area (Å²) in [5.74, 6) is -1.08. The monoisotopic (exact) mass is 513 g/mol. The second kappa shape index (κ2) is 7.32. The van der Waals surface area contributed by atoms with Gasteiger partial charge in [0.25, 0.3) is 10.0 Å². The molecule has 9 heteroatoms. The molecule has 0 aliphatic carbocycles. The van der Waals surface area contributed by atoms with Gasteiger partial charge in [-0.15, -0.1) is 0 Å². The summed E-state index contributed by atoms with van der Waals surface area (Å²) in [4.78, 5) is -0.387. The highest BCUT2D eigenvalue weighted by molar-refractivity contribution is 9.10. The SMILES string of the molecule is O=S(=O)(c1cc(Br)cc(Cl)c1O)n1c(-c2cccc(F)c2)cc2cc(Cl)ccc21. The Morgan fingerprint density at radius 2 is 1.76 bits per heavy atom. The molecule has 0 amide bonds. The Labute approximate surface area is 184 Å². The summed E-state index contributed by atoms with van der Waals surface area (Å²) in [6.07, 6.45) is 0. The van der Waals surface area contributed by atoms with Crippen LogP contribution in [0.5, 0.6) is 5.75 Å². The number of nitrogens with zero attached hydrogens (tertiary/aromatic N) is 1. The van der Waals surface area contributed by atoms with Crippen LogP contribution in [-0.2, 0) is 10.0 Å². The number of benzene rings is 3. The Balaban J connectivity index is 2.11. The van der Waals surface area contributed by atoms with Gasteiger partial charge in [0.2, 0.25) is 0 Å². The first kappa shape index (κ1) is 20.2. The zero-order valence-electron chi connectivity index (χ0n) is 14.4. The van der Waals surface area contributed by atoms with E-state index in [0.29, 0.717) is 26.0 Å². The molecule has 4 aromatic rings. The number of fused-ring (bicyclic) bond motifs is 1. The van der Waals surface area contributed by atoms with Crippen molar-refractivity contribution in [3.63, 3.8) is 0 Å². The standard InChI is InChI=1S/C20H11BrCl2FNO3S/c21-13-9-16(23)20(26)19(10-13)29(27,28)25-17-5-4-14(22)6-12(17)8-18(25)11-2-1-3-15(24)7-11/h1-10,26H. The van der Waals surface area contributed by atoms with E-state index < -0.39 is 21.6 Å². The molecule has 29 heavy (non-hydrogen) atoms. The lowest BCUT2D eigenvalue weighted by Gasteiger charge is -2.14. The Kier molecular flexibility index (Phi) is 5.11. The fourth-order valence-corrected chi connectivity index (χ4v) is 5.97. The maximum atomic E-state index is 13.9. The van der Waals surface area contributed by atoms with Gasteiger partial charge in [-0.2, -0.15) is 0 Å². The average molecular weight is 515 g/mol. The van der Waals surface area contributed by atoms with E-state index in [9.17, 15) is 17.9 Å². The van der Waals surface area contributed by atoms with Crippen LogP contribution in [0.4, 0.5) is 4.39 Å². The Bertz CT molecular complexity index is 1390.